The van der Waals surface area contributed by atoms with Crippen molar-refractivity contribution in [3.05, 3.63) is 59.7 Å². The summed E-state index contributed by atoms with van der Waals surface area (Å²) in [5, 5.41) is 0. The lowest BCUT2D eigenvalue weighted by Crippen LogP contribution is -2.19. The highest BCUT2D eigenvalue weighted by Gasteiger charge is 2.19. The molecule has 2 heteroatoms. The summed E-state index contributed by atoms with van der Waals surface area (Å²) in [5.74, 6) is 0.771. The first-order chi connectivity index (χ1) is 10.4. The zero-order valence-corrected chi connectivity index (χ0v) is 13.1. The smallest absolute Gasteiger partial charge is 0.0443 e. The van der Waals surface area contributed by atoms with Gasteiger partial charge in [0.05, 0.1) is 0 Å². The van der Waals surface area contributed by atoms with E-state index < -0.39 is 0 Å². The monoisotopic (exact) mass is 299 g/mol. The van der Waals surface area contributed by atoms with Gasteiger partial charge in [-0.25, -0.2) is 0 Å². The fraction of sp³-hybridized carbons (Fsp3) is 0.368. The maximum absolute atomic E-state index is 5.80. The summed E-state index contributed by atoms with van der Waals surface area (Å²) in [4.78, 5) is 2.51. The van der Waals surface area contributed by atoms with Crippen molar-refractivity contribution in [1.29, 1.82) is 0 Å². The number of alkyl halides is 1. The van der Waals surface area contributed by atoms with Crippen LogP contribution in [0.15, 0.2) is 48.5 Å². The third kappa shape index (κ3) is 3.24. The molecule has 0 unspecified atom stereocenters. The number of aryl methyl sites for hydroxylation is 2. The van der Waals surface area contributed by atoms with Crippen LogP contribution in [-0.4, -0.2) is 12.4 Å². The molecule has 3 rings (SSSR count). The van der Waals surface area contributed by atoms with Crippen molar-refractivity contribution in [2.75, 3.05) is 17.3 Å². The summed E-state index contributed by atoms with van der Waals surface area (Å²) in [6.07, 6.45) is 5.76. The molecule has 0 N–H and O–H groups in total. The van der Waals surface area contributed by atoms with Gasteiger partial charge >= 0.3 is 0 Å². The molecular weight excluding hydrogens is 278 g/mol. The van der Waals surface area contributed by atoms with E-state index in [1.807, 2.05) is 0 Å². The Bertz CT molecular complexity index is 546. The molecule has 1 heterocycles. The van der Waals surface area contributed by atoms with Gasteiger partial charge in [-0.1, -0.05) is 42.8 Å². The van der Waals surface area contributed by atoms with Crippen LogP contribution in [0.1, 0.15) is 30.4 Å². The van der Waals surface area contributed by atoms with Crippen LogP contribution in [0.25, 0.3) is 0 Å². The molecule has 0 saturated carbocycles. The van der Waals surface area contributed by atoms with Crippen molar-refractivity contribution in [2.45, 2.75) is 32.1 Å². The number of unbranched alkanes of at least 4 members (excludes halogenated alkanes) is 2. The molecule has 110 valence electrons. The van der Waals surface area contributed by atoms with E-state index in [1.54, 1.807) is 0 Å². The Morgan fingerprint density at radius 1 is 0.762 bits per heavy atom. The zero-order valence-electron chi connectivity index (χ0n) is 12.4. The Balaban J connectivity index is 1.91. The molecule has 2 aromatic rings. The second-order valence-electron chi connectivity index (χ2n) is 5.66. The van der Waals surface area contributed by atoms with Crippen LogP contribution in [0.4, 0.5) is 11.4 Å². The largest absolute Gasteiger partial charge is 0.341 e. The van der Waals surface area contributed by atoms with E-state index in [2.05, 4.69) is 53.4 Å². The molecule has 0 aliphatic carbocycles. The van der Waals surface area contributed by atoms with Crippen molar-refractivity contribution >= 4 is 23.0 Å². The third-order valence-corrected chi connectivity index (χ3v) is 4.51. The number of anilines is 2. The number of fused-ring (bicyclic) bond motifs is 2. The van der Waals surface area contributed by atoms with Gasteiger partial charge in [-0.05, 0) is 48.9 Å². The van der Waals surface area contributed by atoms with Gasteiger partial charge in [0.2, 0.25) is 0 Å². The van der Waals surface area contributed by atoms with E-state index in [-0.39, 0.29) is 0 Å². The standard InChI is InChI=1S/C19H22ClN/c20-14-6-1-7-15-21-18-10-4-2-8-16(18)12-13-17-9-3-5-11-19(17)21/h2-5,8-11H,1,6-7,12-15H2. The Labute approximate surface area is 132 Å². The van der Waals surface area contributed by atoms with Gasteiger partial charge < -0.3 is 4.90 Å². The van der Waals surface area contributed by atoms with E-state index in [4.69, 9.17) is 11.6 Å². The number of halogens is 1. The first kappa shape index (κ1) is 14.5. The highest BCUT2D eigenvalue weighted by molar-refractivity contribution is 6.17. The highest BCUT2D eigenvalue weighted by Crippen LogP contribution is 2.35. The molecule has 0 spiro atoms. The Hall–Kier alpha value is -1.47. The van der Waals surface area contributed by atoms with Gasteiger partial charge in [0.25, 0.3) is 0 Å². The number of hydrogen-bond donors (Lipinski definition) is 0. The van der Waals surface area contributed by atoms with Crippen molar-refractivity contribution in [3.8, 4) is 0 Å². The van der Waals surface area contributed by atoms with Crippen LogP contribution < -0.4 is 4.90 Å². The molecule has 2 aromatic carbocycles. The average molecular weight is 300 g/mol. The molecule has 21 heavy (non-hydrogen) atoms. The molecular formula is C19H22ClN. The fourth-order valence-electron chi connectivity index (χ4n) is 3.15. The zero-order chi connectivity index (χ0) is 14.5. The van der Waals surface area contributed by atoms with Crippen LogP contribution in [0.5, 0.6) is 0 Å². The predicted molar refractivity (Wildman–Crippen MR) is 91.9 cm³/mol. The second kappa shape index (κ2) is 7.00. The number of nitrogens with zero attached hydrogens (tertiary/aromatic N) is 1. The Morgan fingerprint density at radius 2 is 1.33 bits per heavy atom. The van der Waals surface area contributed by atoms with Crippen LogP contribution in [0.2, 0.25) is 0 Å². The van der Waals surface area contributed by atoms with Crippen LogP contribution in [0, 0.1) is 0 Å². The minimum absolute atomic E-state index is 0.771. The first-order valence-corrected chi connectivity index (χ1v) is 8.43. The summed E-state index contributed by atoms with van der Waals surface area (Å²) in [6, 6.07) is 17.7. The molecule has 0 atom stereocenters. The molecule has 1 aliphatic heterocycles. The van der Waals surface area contributed by atoms with Crippen LogP contribution in [0.3, 0.4) is 0 Å². The maximum atomic E-state index is 5.80. The topological polar surface area (TPSA) is 3.24 Å². The summed E-state index contributed by atoms with van der Waals surface area (Å²) in [5.41, 5.74) is 5.69. The number of para-hydroxylation sites is 2. The average Bonchev–Trinajstić information content (AvgIpc) is 2.69. The van der Waals surface area contributed by atoms with Crippen LogP contribution in [-0.2, 0) is 12.8 Å². The number of benzene rings is 2. The third-order valence-electron chi connectivity index (χ3n) is 4.24. The molecule has 1 aliphatic rings. The van der Waals surface area contributed by atoms with Gasteiger partial charge in [-0.15, -0.1) is 11.6 Å². The van der Waals surface area contributed by atoms with Crippen molar-refractivity contribution < 1.29 is 0 Å². The first-order valence-electron chi connectivity index (χ1n) is 7.89. The number of rotatable bonds is 5. The normalized spacial score (nSPS) is 13.5. The molecule has 0 aromatic heterocycles. The minimum atomic E-state index is 0.771. The van der Waals surface area contributed by atoms with E-state index in [0.717, 1.165) is 31.7 Å². The van der Waals surface area contributed by atoms with Gasteiger partial charge in [0, 0.05) is 23.8 Å². The van der Waals surface area contributed by atoms with Crippen LogP contribution >= 0.6 is 11.6 Å². The Kier molecular flexibility index (Phi) is 4.82. The minimum Gasteiger partial charge on any atom is -0.341 e. The lowest BCUT2D eigenvalue weighted by Gasteiger charge is -2.27. The lowest BCUT2D eigenvalue weighted by atomic mass is 10.0. The van der Waals surface area contributed by atoms with E-state index in [9.17, 15) is 0 Å². The molecule has 0 amide bonds. The summed E-state index contributed by atoms with van der Waals surface area (Å²) >= 11 is 5.80. The second-order valence-corrected chi connectivity index (χ2v) is 6.04. The summed E-state index contributed by atoms with van der Waals surface area (Å²) in [6.45, 7) is 1.07. The lowest BCUT2D eigenvalue weighted by molar-refractivity contribution is 0.719. The summed E-state index contributed by atoms with van der Waals surface area (Å²) in [7, 11) is 0. The molecule has 0 bridgehead atoms. The van der Waals surface area contributed by atoms with Gasteiger partial charge in [0.15, 0.2) is 0 Å². The van der Waals surface area contributed by atoms with Crippen molar-refractivity contribution in [1.82, 2.24) is 0 Å². The van der Waals surface area contributed by atoms with Crippen molar-refractivity contribution in [3.63, 3.8) is 0 Å². The molecule has 0 fully saturated rings. The molecule has 0 saturated heterocycles. The Morgan fingerprint density at radius 3 is 1.90 bits per heavy atom. The van der Waals surface area contributed by atoms with Gasteiger partial charge in [-0.2, -0.15) is 0 Å². The SMILES string of the molecule is ClCCCCCN1c2ccccc2CCc2ccccc21. The molecule has 1 nitrogen and oxygen atoms in total. The number of hydrogen-bond acceptors (Lipinski definition) is 1. The quantitative estimate of drug-likeness (QED) is 0.532. The van der Waals surface area contributed by atoms with E-state index in [0.29, 0.717) is 0 Å². The van der Waals surface area contributed by atoms with E-state index >= 15 is 0 Å². The summed E-state index contributed by atoms with van der Waals surface area (Å²) < 4.78 is 0. The van der Waals surface area contributed by atoms with Gasteiger partial charge in [0.1, 0.15) is 0 Å². The van der Waals surface area contributed by atoms with E-state index in [1.165, 1.54) is 35.3 Å². The fourth-order valence-corrected chi connectivity index (χ4v) is 3.34. The predicted octanol–water partition coefficient (Wildman–Crippen LogP) is 5.33. The van der Waals surface area contributed by atoms with Crippen molar-refractivity contribution in [2.24, 2.45) is 0 Å². The highest BCUT2D eigenvalue weighted by atomic mass is 35.5. The van der Waals surface area contributed by atoms with Gasteiger partial charge in [-0.3, -0.25) is 0 Å². The molecule has 0 radical (unpaired) electrons. The maximum Gasteiger partial charge on any atom is 0.0443 e.